The Labute approximate surface area is 134 Å². The summed E-state index contributed by atoms with van der Waals surface area (Å²) in [4.78, 5) is 13.9. The molecular weight excluding hydrogens is 318 g/mol. The van der Waals surface area contributed by atoms with Gasteiger partial charge in [-0.05, 0) is 18.2 Å². The average molecular weight is 328 g/mol. The summed E-state index contributed by atoms with van der Waals surface area (Å²) in [5.41, 5.74) is 0.338. The van der Waals surface area contributed by atoms with Crippen LogP contribution in [0.15, 0.2) is 36.5 Å². The second-order valence-electron chi connectivity index (χ2n) is 5.03. The van der Waals surface area contributed by atoms with Crippen LogP contribution in [0, 0.1) is 23.0 Å². The highest BCUT2D eigenvalue weighted by molar-refractivity contribution is 5.89. The van der Waals surface area contributed by atoms with Crippen LogP contribution in [0.1, 0.15) is 11.1 Å². The lowest BCUT2D eigenvalue weighted by Crippen LogP contribution is -2.04. The fraction of sp³-hybridized carbons (Fsp3) is 0.0588. The molecule has 0 amide bonds. The van der Waals surface area contributed by atoms with Crippen LogP contribution in [0.3, 0.4) is 0 Å². The zero-order chi connectivity index (χ0) is 17.3. The van der Waals surface area contributed by atoms with E-state index in [4.69, 9.17) is 15.1 Å². The van der Waals surface area contributed by atoms with Gasteiger partial charge in [-0.1, -0.05) is 0 Å². The molecule has 0 unspecified atom stereocenters. The Kier molecular flexibility index (Phi) is 3.88. The number of nitriles is 1. The quantitative estimate of drug-likeness (QED) is 0.764. The van der Waals surface area contributed by atoms with Gasteiger partial charge in [0.1, 0.15) is 17.6 Å². The minimum Gasteiger partial charge on any atom is -0.481 e. The summed E-state index contributed by atoms with van der Waals surface area (Å²) >= 11 is 0. The molecule has 0 aliphatic rings. The number of fused-ring (bicyclic) bond motifs is 1. The first-order chi connectivity index (χ1) is 11.5. The highest BCUT2D eigenvalue weighted by Crippen LogP contribution is 2.35. The largest absolute Gasteiger partial charge is 0.481 e. The van der Waals surface area contributed by atoms with Crippen molar-refractivity contribution in [3.05, 3.63) is 59.3 Å². The normalized spacial score (nSPS) is 10.5. The van der Waals surface area contributed by atoms with Gasteiger partial charge in [0.2, 0.25) is 0 Å². The van der Waals surface area contributed by atoms with Gasteiger partial charge in [0.05, 0.1) is 12.0 Å². The molecule has 0 saturated heterocycles. The topological polar surface area (TPSA) is 86.1 Å². The molecule has 0 radical (unpaired) electrons. The molecule has 0 spiro atoms. The number of aliphatic carboxylic acids is 1. The first-order valence-corrected chi connectivity index (χ1v) is 6.87. The number of aromatic nitrogens is 1. The summed E-state index contributed by atoms with van der Waals surface area (Å²) < 4.78 is 33.2. The predicted octanol–water partition coefficient (Wildman–Crippen LogP) is 3.74. The van der Waals surface area contributed by atoms with Gasteiger partial charge >= 0.3 is 5.97 Å². The average Bonchev–Trinajstić information content (AvgIpc) is 2.99. The van der Waals surface area contributed by atoms with E-state index < -0.39 is 24.0 Å². The smallest absolute Gasteiger partial charge is 0.307 e. The van der Waals surface area contributed by atoms with E-state index in [0.29, 0.717) is 10.9 Å². The lowest BCUT2D eigenvalue weighted by molar-refractivity contribution is -0.136. The number of ether oxygens (including phenoxy) is 1. The van der Waals surface area contributed by atoms with Crippen LogP contribution in [0.4, 0.5) is 8.78 Å². The van der Waals surface area contributed by atoms with Crippen LogP contribution in [-0.2, 0) is 11.2 Å². The Morgan fingerprint density at radius 2 is 2.04 bits per heavy atom. The van der Waals surface area contributed by atoms with Crippen molar-refractivity contribution in [2.24, 2.45) is 0 Å². The number of nitrogens with one attached hydrogen (secondary N) is 1. The SMILES string of the molecule is N#Cc1cc(Oc2c(F)cc3[nH]ccc3c2CC(=O)O)ccc1F. The number of rotatable bonds is 4. The lowest BCUT2D eigenvalue weighted by Gasteiger charge is -2.13. The molecule has 2 aromatic carbocycles. The molecule has 0 aliphatic heterocycles. The molecule has 1 aromatic heterocycles. The summed E-state index contributed by atoms with van der Waals surface area (Å²) in [5, 5.41) is 18.4. The van der Waals surface area contributed by atoms with Crippen molar-refractivity contribution in [3.63, 3.8) is 0 Å². The summed E-state index contributed by atoms with van der Waals surface area (Å²) in [6.07, 6.45) is 1.11. The van der Waals surface area contributed by atoms with Crippen molar-refractivity contribution in [2.45, 2.75) is 6.42 Å². The third-order valence-corrected chi connectivity index (χ3v) is 3.47. The Morgan fingerprint density at radius 3 is 2.75 bits per heavy atom. The summed E-state index contributed by atoms with van der Waals surface area (Å²) in [6, 6.07) is 7.85. The van der Waals surface area contributed by atoms with E-state index in [0.717, 1.165) is 12.1 Å². The van der Waals surface area contributed by atoms with Gasteiger partial charge in [-0.25, -0.2) is 8.78 Å². The van der Waals surface area contributed by atoms with E-state index in [1.165, 1.54) is 12.1 Å². The molecule has 5 nitrogen and oxygen atoms in total. The van der Waals surface area contributed by atoms with Crippen molar-refractivity contribution in [1.82, 2.24) is 4.98 Å². The second kappa shape index (κ2) is 6.01. The molecule has 24 heavy (non-hydrogen) atoms. The number of benzene rings is 2. The fourth-order valence-electron chi connectivity index (χ4n) is 2.43. The van der Waals surface area contributed by atoms with E-state index in [2.05, 4.69) is 4.98 Å². The first kappa shape index (κ1) is 15.5. The zero-order valence-electron chi connectivity index (χ0n) is 12.1. The summed E-state index contributed by atoms with van der Waals surface area (Å²) in [7, 11) is 0. The molecule has 1 heterocycles. The van der Waals surface area contributed by atoms with Crippen LogP contribution >= 0.6 is 0 Å². The van der Waals surface area contributed by atoms with Crippen molar-refractivity contribution in [1.29, 1.82) is 5.26 Å². The molecule has 0 saturated carbocycles. The molecule has 0 fully saturated rings. The Balaban J connectivity index is 2.13. The highest BCUT2D eigenvalue weighted by Gasteiger charge is 2.19. The van der Waals surface area contributed by atoms with Crippen LogP contribution in [0.5, 0.6) is 11.5 Å². The molecule has 3 rings (SSSR count). The minimum atomic E-state index is -1.15. The molecule has 3 aromatic rings. The molecule has 0 bridgehead atoms. The van der Waals surface area contributed by atoms with Gasteiger partial charge in [0.15, 0.2) is 11.6 Å². The van der Waals surface area contributed by atoms with Gasteiger partial charge in [0.25, 0.3) is 0 Å². The number of halogens is 2. The maximum atomic E-state index is 14.4. The number of carboxylic acid groups (broad SMARTS) is 1. The van der Waals surface area contributed by atoms with Gasteiger partial charge in [0, 0.05) is 34.8 Å². The first-order valence-electron chi connectivity index (χ1n) is 6.87. The number of hydrogen-bond donors (Lipinski definition) is 2. The van der Waals surface area contributed by atoms with Gasteiger partial charge in [-0.3, -0.25) is 4.79 Å². The van der Waals surface area contributed by atoms with E-state index in [1.807, 2.05) is 0 Å². The molecule has 7 heteroatoms. The molecule has 2 N–H and O–H groups in total. The number of hydrogen-bond acceptors (Lipinski definition) is 3. The third-order valence-electron chi connectivity index (χ3n) is 3.47. The van der Waals surface area contributed by atoms with E-state index in [1.54, 1.807) is 18.3 Å². The predicted molar refractivity (Wildman–Crippen MR) is 80.8 cm³/mol. The summed E-state index contributed by atoms with van der Waals surface area (Å²) in [6.45, 7) is 0. The van der Waals surface area contributed by atoms with Crippen LogP contribution in [0.25, 0.3) is 10.9 Å². The fourth-order valence-corrected chi connectivity index (χ4v) is 2.43. The minimum absolute atomic E-state index is 0.0355. The number of carboxylic acids is 1. The molecule has 120 valence electrons. The Morgan fingerprint density at radius 1 is 1.25 bits per heavy atom. The zero-order valence-corrected chi connectivity index (χ0v) is 12.1. The molecule has 0 aliphatic carbocycles. The molecular formula is C17H10F2N2O3. The van der Waals surface area contributed by atoms with Crippen molar-refractivity contribution < 1.29 is 23.4 Å². The standard InChI is InChI=1S/C17H10F2N2O3/c18-13-2-1-10(5-9(13)8-20)24-17-12(6-16(22)23)11-3-4-21-15(11)7-14(17)19/h1-5,7,21H,6H2,(H,22,23). The number of aromatic amines is 1. The van der Waals surface area contributed by atoms with Gasteiger partial charge < -0.3 is 14.8 Å². The van der Waals surface area contributed by atoms with Crippen LogP contribution in [0.2, 0.25) is 0 Å². The highest BCUT2D eigenvalue weighted by atomic mass is 19.1. The summed E-state index contributed by atoms with van der Waals surface area (Å²) in [5.74, 6) is -2.86. The number of carbonyl (C=O) groups is 1. The van der Waals surface area contributed by atoms with Gasteiger partial charge in [-0.2, -0.15) is 5.26 Å². The van der Waals surface area contributed by atoms with Crippen LogP contribution in [-0.4, -0.2) is 16.1 Å². The maximum absolute atomic E-state index is 14.4. The van der Waals surface area contributed by atoms with E-state index in [-0.39, 0.29) is 22.6 Å². The number of nitrogens with zero attached hydrogens (tertiary/aromatic N) is 1. The van der Waals surface area contributed by atoms with E-state index >= 15 is 0 Å². The molecule has 0 atom stereocenters. The van der Waals surface area contributed by atoms with Crippen molar-refractivity contribution in [2.75, 3.05) is 0 Å². The monoisotopic (exact) mass is 328 g/mol. The second-order valence-corrected chi connectivity index (χ2v) is 5.03. The number of H-pyrrole nitrogens is 1. The maximum Gasteiger partial charge on any atom is 0.307 e. The Hall–Kier alpha value is -3.40. The van der Waals surface area contributed by atoms with E-state index in [9.17, 15) is 13.6 Å². The van der Waals surface area contributed by atoms with Crippen molar-refractivity contribution in [3.8, 4) is 17.6 Å². The van der Waals surface area contributed by atoms with Gasteiger partial charge in [-0.15, -0.1) is 0 Å². The van der Waals surface area contributed by atoms with Crippen LogP contribution < -0.4 is 4.74 Å². The Bertz CT molecular complexity index is 989. The van der Waals surface area contributed by atoms with Crippen molar-refractivity contribution >= 4 is 16.9 Å². The third kappa shape index (κ3) is 2.77. The lowest BCUT2D eigenvalue weighted by atomic mass is 10.1.